The van der Waals surface area contributed by atoms with Gasteiger partial charge in [0.15, 0.2) is 11.6 Å². The van der Waals surface area contributed by atoms with Crippen LogP contribution >= 0.6 is 0 Å². The third-order valence-corrected chi connectivity index (χ3v) is 16.0. The molecule has 0 bridgehead atoms. The molecule has 5 aromatic carbocycles. The second kappa shape index (κ2) is 13.6. The number of nitrogens with zero attached hydrogens (tertiary/aromatic N) is 2. The van der Waals surface area contributed by atoms with Crippen LogP contribution in [0, 0.1) is 18.6 Å². The number of hydrogen-bond donors (Lipinski definition) is 1. The Bertz CT molecular complexity index is 2420. The largest absolute Gasteiger partial charge is 0.454 e. The Morgan fingerprint density at radius 3 is 2.06 bits per heavy atom. The summed E-state index contributed by atoms with van der Waals surface area (Å²) in [6.07, 6.45) is 2.93. The maximum absolute atomic E-state index is 16.7. The molecule has 1 N–H and O–H groups in total. The first kappa shape index (κ1) is 35.1. The van der Waals surface area contributed by atoms with Gasteiger partial charge in [-0.3, -0.25) is 5.10 Å². The number of aryl methyl sites for hydroxylation is 1. The Morgan fingerprint density at radius 1 is 0.808 bits per heavy atom. The van der Waals surface area contributed by atoms with Crippen LogP contribution in [0.25, 0.3) is 22.2 Å². The second-order valence-corrected chi connectivity index (χ2v) is 19.8. The Balaban J connectivity index is 1.42. The van der Waals surface area contributed by atoms with E-state index in [1.165, 1.54) is 42.7 Å². The Hall–Kier alpha value is -5.36. The maximum atomic E-state index is 16.7. The normalized spacial score (nSPS) is 12.3. The van der Waals surface area contributed by atoms with Gasteiger partial charge >= 0.3 is 0 Å². The SMILES string of the molecule is Cc1ccc(S(=O)(=O)n2ccc3c(CO[Si](c4ccccc4)(c4ccccc4)C(C)(C)C)c(Oc4ccc(F)c(-c5ccn[nH]5)c4)c(F)cc32)cc1. The lowest BCUT2D eigenvalue weighted by Gasteiger charge is -2.43. The van der Waals surface area contributed by atoms with Crippen molar-refractivity contribution in [2.75, 3.05) is 0 Å². The van der Waals surface area contributed by atoms with Gasteiger partial charge < -0.3 is 9.16 Å². The molecule has 0 radical (unpaired) electrons. The van der Waals surface area contributed by atoms with Crippen molar-refractivity contribution in [2.45, 2.75) is 44.2 Å². The zero-order valence-electron chi connectivity index (χ0n) is 29.1. The van der Waals surface area contributed by atoms with Crippen molar-refractivity contribution in [3.63, 3.8) is 0 Å². The highest BCUT2D eigenvalue weighted by Crippen LogP contribution is 2.41. The van der Waals surface area contributed by atoms with Gasteiger partial charge in [0, 0.05) is 35.0 Å². The summed E-state index contributed by atoms with van der Waals surface area (Å²) >= 11 is 0. The van der Waals surface area contributed by atoms with Gasteiger partial charge in [0.25, 0.3) is 18.3 Å². The van der Waals surface area contributed by atoms with Gasteiger partial charge in [-0.1, -0.05) is 99.1 Å². The summed E-state index contributed by atoms with van der Waals surface area (Å²) in [4.78, 5) is 0.0686. The minimum Gasteiger partial charge on any atom is -0.454 e. The molecule has 0 unspecified atom stereocenters. The number of fused-ring (bicyclic) bond motifs is 1. The molecule has 0 saturated carbocycles. The van der Waals surface area contributed by atoms with Gasteiger partial charge in [0.2, 0.25) is 0 Å². The molecule has 0 aliphatic rings. The summed E-state index contributed by atoms with van der Waals surface area (Å²) in [5.74, 6) is -1.30. The van der Waals surface area contributed by atoms with Gasteiger partial charge in [0.05, 0.1) is 22.7 Å². The minimum absolute atomic E-state index is 0.0686. The van der Waals surface area contributed by atoms with Crippen LogP contribution < -0.4 is 15.1 Å². The van der Waals surface area contributed by atoms with Gasteiger partial charge in [0.1, 0.15) is 11.6 Å². The molecular formula is C41H37F2N3O4SSi. The summed E-state index contributed by atoms with van der Waals surface area (Å²) in [5, 5.41) is 8.74. The van der Waals surface area contributed by atoms with Crippen molar-refractivity contribution in [2.24, 2.45) is 0 Å². The summed E-state index contributed by atoms with van der Waals surface area (Å²) in [6, 6.07) is 35.1. The van der Waals surface area contributed by atoms with Crippen molar-refractivity contribution >= 4 is 39.6 Å². The smallest absolute Gasteiger partial charge is 0.268 e. The zero-order valence-corrected chi connectivity index (χ0v) is 30.9. The molecule has 0 aliphatic carbocycles. The molecule has 0 spiro atoms. The summed E-state index contributed by atoms with van der Waals surface area (Å²) in [5.41, 5.74) is 1.96. The molecule has 7 rings (SSSR count). The lowest BCUT2D eigenvalue weighted by molar-refractivity contribution is 0.281. The highest BCUT2D eigenvalue weighted by atomic mass is 32.2. The van der Waals surface area contributed by atoms with Crippen LogP contribution in [0.4, 0.5) is 8.78 Å². The lowest BCUT2D eigenvalue weighted by Crippen LogP contribution is -2.66. The molecule has 0 aliphatic heterocycles. The first-order valence-electron chi connectivity index (χ1n) is 16.8. The zero-order chi connectivity index (χ0) is 36.7. The van der Waals surface area contributed by atoms with Gasteiger partial charge in [-0.25, -0.2) is 21.2 Å². The number of nitrogens with one attached hydrogen (secondary N) is 1. The third-order valence-electron chi connectivity index (χ3n) is 9.35. The lowest BCUT2D eigenvalue weighted by atomic mass is 10.1. The van der Waals surface area contributed by atoms with Crippen LogP contribution in [0.2, 0.25) is 5.04 Å². The molecule has 11 heteroatoms. The number of aromatic nitrogens is 3. The molecule has 0 fully saturated rings. The van der Waals surface area contributed by atoms with Crippen molar-refractivity contribution < 1.29 is 26.4 Å². The average molecular weight is 734 g/mol. The summed E-state index contributed by atoms with van der Waals surface area (Å²) < 4.78 is 74.2. The van der Waals surface area contributed by atoms with Crippen LogP contribution in [-0.2, 0) is 21.1 Å². The van der Waals surface area contributed by atoms with E-state index in [-0.39, 0.29) is 34.1 Å². The standard InChI is InChI=1S/C41H37F2N3O4SSi/c1-28-15-18-30(19-16-28)51(47,48)46-24-22-33-35(27-49-52(41(2,3)4,31-11-7-5-8-12-31)32-13-9-6-10-14-32)40(37(43)26-39(33)46)50-29-17-20-36(42)34(25-29)38-21-23-44-45-38/h5-26H,27H2,1-4H3,(H,44,45). The fourth-order valence-electron chi connectivity index (χ4n) is 6.80. The molecule has 7 aromatic rings. The van der Waals surface area contributed by atoms with Crippen molar-refractivity contribution in [1.29, 1.82) is 0 Å². The Morgan fingerprint density at radius 2 is 1.46 bits per heavy atom. The number of benzene rings is 5. The van der Waals surface area contributed by atoms with Crippen LogP contribution in [-0.4, -0.2) is 30.9 Å². The predicted octanol–water partition coefficient (Wildman–Crippen LogP) is 8.72. The van der Waals surface area contributed by atoms with E-state index >= 15 is 4.39 Å². The molecular weight excluding hydrogens is 697 g/mol. The van der Waals surface area contributed by atoms with Crippen molar-refractivity contribution in [1.82, 2.24) is 14.2 Å². The van der Waals surface area contributed by atoms with E-state index in [0.29, 0.717) is 16.6 Å². The number of aromatic amines is 1. The molecule has 2 aromatic heterocycles. The third kappa shape index (κ3) is 6.25. The monoisotopic (exact) mass is 733 g/mol. The quantitative estimate of drug-likeness (QED) is 0.142. The molecule has 0 amide bonds. The summed E-state index contributed by atoms with van der Waals surface area (Å²) in [6.45, 7) is 8.16. The molecule has 2 heterocycles. The van der Waals surface area contributed by atoms with Crippen LogP contribution in [0.15, 0.2) is 139 Å². The van der Waals surface area contributed by atoms with Crippen molar-refractivity contribution in [3.05, 3.63) is 156 Å². The van der Waals surface area contributed by atoms with E-state index in [2.05, 4.69) is 55.2 Å². The van der Waals surface area contributed by atoms with E-state index in [1.54, 1.807) is 24.3 Å². The molecule has 0 atom stereocenters. The van der Waals surface area contributed by atoms with Crippen LogP contribution in [0.3, 0.4) is 0 Å². The van der Waals surface area contributed by atoms with E-state index in [4.69, 9.17) is 9.16 Å². The topological polar surface area (TPSA) is 86.2 Å². The maximum Gasteiger partial charge on any atom is 0.268 e. The van der Waals surface area contributed by atoms with E-state index in [9.17, 15) is 12.8 Å². The first-order chi connectivity index (χ1) is 24.9. The number of H-pyrrole nitrogens is 1. The van der Waals surface area contributed by atoms with E-state index in [0.717, 1.165) is 26.0 Å². The summed E-state index contributed by atoms with van der Waals surface area (Å²) in [7, 11) is -7.26. The molecule has 52 heavy (non-hydrogen) atoms. The molecule has 7 nitrogen and oxygen atoms in total. The fourth-order valence-corrected chi connectivity index (χ4v) is 12.7. The van der Waals surface area contributed by atoms with Gasteiger partial charge in [-0.15, -0.1) is 0 Å². The first-order valence-corrected chi connectivity index (χ1v) is 20.1. The van der Waals surface area contributed by atoms with E-state index < -0.39 is 35.0 Å². The molecule has 264 valence electrons. The number of ether oxygens (including phenoxy) is 1. The van der Waals surface area contributed by atoms with Gasteiger partial charge in [-0.2, -0.15) is 5.10 Å². The number of hydrogen-bond acceptors (Lipinski definition) is 5. The Kier molecular flexibility index (Phi) is 9.20. The highest BCUT2D eigenvalue weighted by molar-refractivity contribution is 7.90. The molecule has 0 saturated heterocycles. The van der Waals surface area contributed by atoms with Gasteiger partial charge in [-0.05, 0) is 64.8 Å². The number of halogens is 2. The number of rotatable bonds is 10. The predicted molar refractivity (Wildman–Crippen MR) is 202 cm³/mol. The second-order valence-electron chi connectivity index (χ2n) is 13.7. The van der Waals surface area contributed by atoms with E-state index in [1.807, 2.05) is 43.3 Å². The van der Waals surface area contributed by atoms with Crippen molar-refractivity contribution in [3.8, 4) is 22.8 Å². The highest BCUT2D eigenvalue weighted by Gasteiger charge is 2.50. The van der Waals surface area contributed by atoms with Crippen LogP contribution in [0.1, 0.15) is 31.9 Å². The average Bonchev–Trinajstić information content (AvgIpc) is 3.82. The van der Waals surface area contributed by atoms with Crippen LogP contribution in [0.5, 0.6) is 11.5 Å². The fraction of sp³-hybridized carbons (Fsp3) is 0.146. The minimum atomic E-state index is -4.11. The Labute approximate surface area is 302 Å².